The smallest absolute Gasteiger partial charge is 0.0467 e. The number of aliphatic imine (C=N–C) groups is 1. The topological polar surface area (TPSA) is 15.6 Å². The van der Waals surface area contributed by atoms with Gasteiger partial charge in [0.2, 0.25) is 0 Å². The molecule has 0 aliphatic rings. The van der Waals surface area contributed by atoms with Crippen molar-refractivity contribution in [2.24, 2.45) is 4.99 Å². The molecule has 2 nitrogen and oxygen atoms in total. The normalized spacial score (nSPS) is 10.9. The molecule has 0 bridgehead atoms. The molecule has 0 aliphatic heterocycles. The van der Waals surface area contributed by atoms with E-state index in [1.165, 1.54) is 11.1 Å². The van der Waals surface area contributed by atoms with Crippen LogP contribution < -0.4 is 4.90 Å². The van der Waals surface area contributed by atoms with Gasteiger partial charge < -0.3 is 4.90 Å². The highest BCUT2D eigenvalue weighted by molar-refractivity contribution is 5.82. The third-order valence-corrected chi connectivity index (χ3v) is 4.66. The Labute approximate surface area is 166 Å². The van der Waals surface area contributed by atoms with Crippen LogP contribution in [0, 0.1) is 0 Å². The Balaban J connectivity index is 1.77. The lowest BCUT2D eigenvalue weighted by Crippen LogP contribution is -2.09. The molecule has 0 fully saturated rings. The molecule has 4 aromatic rings. The number of para-hydroxylation sites is 2. The summed E-state index contributed by atoms with van der Waals surface area (Å²) < 4.78 is 0. The fourth-order valence-corrected chi connectivity index (χ4v) is 3.34. The predicted molar refractivity (Wildman–Crippen MR) is 120 cm³/mol. The van der Waals surface area contributed by atoms with Gasteiger partial charge in [0.1, 0.15) is 0 Å². The fourth-order valence-electron chi connectivity index (χ4n) is 3.34. The van der Waals surface area contributed by atoms with Gasteiger partial charge in [0.05, 0.1) is 0 Å². The molecule has 0 radical (unpaired) electrons. The van der Waals surface area contributed by atoms with Crippen molar-refractivity contribution in [3.05, 3.63) is 115 Å². The van der Waals surface area contributed by atoms with E-state index in [1.54, 1.807) is 7.05 Å². The van der Waals surface area contributed by atoms with Gasteiger partial charge in [-0.25, -0.2) is 0 Å². The minimum absolute atomic E-state index is 1.11. The minimum Gasteiger partial charge on any atom is -0.310 e. The van der Waals surface area contributed by atoms with Gasteiger partial charge in [-0.2, -0.15) is 0 Å². The highest BCUT2D eigenvalue weighted by Gasteiger charge is 2.12. The first-order chi connectivity index (χ1) is 13.8. The summed E-state index contributed by atoms with van der Waals surface area (Å²) in [6.45, 7) is 0. The molecule has 0 atom stereocenters. The third-order valence-electron chi connectivity index (χ3n) is 4.66. The molecule has 0 amide bonds. The molecule has 4 rings (SSSR count). The predicted octanol–water partition coefficient (Wildman–Crippen LogP) is 6.87. The molecular weight excluding hydrogens is 340 g/mol. The van der Waals surface area contributed by atoms with Crippen molar-refractivity contribution in [1.29, 1.82) is 0 Å². The zero-order chi connectivity index (χ0) is 19.2. The molecule has 0 saturated heterocycles. The van der Waals surface area contributed by atoms with E-state index in [1.807, 2.05) is 18.3 Å². The molecule has 28 heavy (non-hydrogen) atoms. The Morgan fingerprint density at radius 3 is 1.71 bits per heavy atom. The van der Waals surface area contributed by atoms with Crippen LogP contribution in [-0.4, -0.2) is 13.3 Å². The standard InChI is InChI=1S/C26H22N2/c1-27-20-21-15-17-22(18-16-21)23-9-8-14-26(19-23)28(24-10-4-2-5-11-24)25-12-6-3-7-13-25/h2-20H,1H3/b27-20-. The molecular formula is C26H22N2. The molecule has 136 valence electrons. The second kappa shape index (κ2) is 8.36. The van der Waals surface area contributed by atoms with Crippen molar-refractivity contribution in [2.45, 2.75) is 0 Å². The van der Waals surface area contributed by atoms with Gasteiger partial charge in [0, 0.05) is 30.3 Å². The van der Waals surface area contributed by atoms with Crippen molar-refractivity contribution < 1.29 is 0 Å². The first-order valence-electron chi connectivity index (χ1n) is 9.38. The fraction of sp³-hybridized carbons (Fsp3) is 0.0385. The van der Waals surface area contributed by atoms with Crippen LogP contribution in [0.3, 0.4) is 0 Å². The number of benzene rings is 4. The van der Waals surface area contributed by atoms with E-state index >= 15 is 0 Å². The zero-order valence-electron chi connectivity index (χ0n) is 15.9. The number of hydrogen-bond donors (Lipinski definition) is 0. The number of nitrogens with zero attached hydrogens (tertiary/aromatic N) is 2. The molecule has 0 aliphatic carbocycles. The van der Waals surface area contributed by atoms with E-state index < -0.39 is 0 Å². The summed E-state index contributed by atoms with van der Waals surface area (Å²) >= 11 is 0. The monoisotopic (exact) mass is 362 g/mol. The lowest BCUT2D eigenvalue weighted by Gasteiger charge is -2.25. The number of hydrogen-bond acceptors (Lipinski definition) is 2. The Hall–Kier alpha value is -3.65. The summed E-state index contributed by atoms with van der Waals surface area (Å²) in [5.74, 6) is 0. The molecule has 0 unspecified atom stereocenters. The first kappa shape index (κ1) is 17.7. The summed E-state index contributed by atoms with van der Waals surface area (Å²) in [6.07, 6.45) is 1.87. The quantitative estimate of drug-likeness (QED) is 0.354. The first-order valence-corrected chi connectivity index (χ1v) is 9.38. The molecule has 0 aromatic heterocycles. The Morgan fingerprint density at radius 1 is 0.571 bits per heavy atom. The van der Waals surface area contributed by atoms with Crippen LogP contribution in [0.25, 0.3) is 11.1 Å². The Morgan fingerprint density at radius 2 is 1.14 bits per heavy atom. The Kier molecular flexibility index (Phi) is 5.30. The lowest BCUT2D eigenvalue weighted by atomic mass is 10.0. The van der Waals surface area contributed by atoms with E-state index in [4.69, 9.17) is 0 Å². The van der Waals surface area contributed by atoms with Gasteiger partial charge >= 0.3 is 0 Å². The van der Waals surface area contributed by atoms with Gasteiger partial charge in [0.15, 0.2) is 0 Å². The largest absolute Gasteiger partial charge is 0.310 e. The van der Waals surface area contributed by atoms with E-state index in [9.17, 15) is 0 Å². The maximum Gasteiger partial charge on any atom is 0.0467 e. The molecule has 0 spiro atoms. The summed E-state index contributed by atoms with van der Waals surface area (Å²) in [6, 6.07) is 38.1. The van der Waals surface area contributed by atoms with Crippen LogP contribution in [0.1, 0.15) is 5.56 Å². The summed E-state index contributed by atoms with van der Waals surface area (Å²) in [5.41, 5.74) is 6.90. The highest BCUT2D eigenvalue weighted by atomic mass is 15.1. The van der Waals surface area contributed by atoms with Gasteiger partial charge in [-0.05, 0) is 53.1 Å². The average molecular weight is 362 g/mol. The van der Waals surface area contributed by atoms with E-state index in [0.29, 0.717) is 0 Å². The van der Waals surface area contributed by atoms with E-state index in [-0.39, 0.29) is 0 Å². The van der Waals surface area contributed by atoms with Crippen LogP contribution in [0.2, 0.25) is 0 Å². The van der Waals surface area contributed by atoms with Crippen molar-refractivity contribution in [3.63, 3.8) is 0 Å². The van der Waals surface area contributed by atoms with Gasteiger partial charge in [-0.1, -0.05) is 72.8 Å². The summed E-state index contributed by atoms with van der Waals surface area (Å²) in [4.78, 5) is 6.36. The van der Waals surface area contributed by atoms with Crippen molar-refractivity contribution in [1.82, 2.24) is 0 Å². The van der Waals surface area contributed by atoms with Gasteiger partial charge in [0.25, 0.3) is 0 Å². The summed E-state index contributed by atoms with van der Waals surface area (Å²) in [7, 11) is 1.79. The summed E-state index contributed by atoms with van der Waals surface area (Å²) in [5, 5.41) is 0. The maximum absolute atomic E-state index is 4.08. The molecule has 2 heteroatoms. The molecule has 0 saturated carbocycles. The lowest BCUT2D eigenvalue weighted by molar-refractivity contribution is 1.28. The van der Waals surface area contributed by atoms with Crippen LogP contribution in [0.15, 0.2) is 114 Å². The van der Waals surface area contributed by atoms with Crippen molar-refractivity contribution in [3.8, 4) is 11.1 Å². The SMILES string of the molecule is C/N=C\c1ccc(-c2cccc(N(c3ccccc3)c3ccccc3)c2)cc1. The van der Waals surface area contributed by atoms with Crippen LogP contribution >= 0.6 is 0 Å². The van der Waals surface area contributed by atoms with Crippen LogP contribution in [-0.2, 0) is 0 Å². The molecule has 0 heterocycles. The van der Waals surface area contributed by atoms with Crippen molar-refractivity contribution >= 4 is 23.3 Å². The molecule has 4 aromatic carbocycles. The third kappa shape index (κ3) is 3.86. The van der Waals surface area contributed by atoms with Crippen molar-refractivity contribution in [2.75, 3.05) is 11.9 Å². The highest BCUT2D eigenvalue weighted by Crippen LogP contribution is 2.36. The average Bonchev–Trinajstić information content (AvgIpc) is 2.77. The van der Waals surface area contributed by atoms with Gasteiger partial charge in [-0.3, -0.25) is 4.99 Å². The van der Waals surface area contributed by atoms with E-state index in [2.05, 4.69) is 107 Å². The number of anilines is 3. The van der Waals surface area contributed by atoms with Gasteiger partial charge in [-0.15, -0.1) is 0 Å². The molecule has 0 N–H and O–H groups in total. The number of rotatable bonds is 5. The van der Waals surface area contributed by atoms with Crippen LogP contribution in [0.5, 0.6) is 0 Å². The van der Waals surface area contributed by atoms with Crippen LogP contribution in [0.4, 0.5) is 17.1 Å². The second-order valence-corrected chi connectivity index (χ2v) is 6.57. The van der Waals surface area contributed by atoms with E-state index in [0.717, 1.165) is 22.6 Å². The maximum atomic E-state index is 4.08. The zero-order valence-corrected chi connectivity index (χ0v) is 15.9. The second-order valence-electron chi connectivity index (χ2n) is 6.57. The minimum atomic E-state index is 1.11. The Bertz CT molecular complexity index is 1010.